The van der Waals surface area contributed by atoms with Gasteiger partial charge in [0, 0.05) is 12.8 Å². The van der Waals surface area contributed by atoms with E-state index < -0.39 is 41.4 Å². The van der Waals surface area contributed by atoms with Crippen molar-refractivity contribution in [1.82, 2.24) is 0 Å². The molecule has 0 aliphatic carbocycles. The molecule has 0 spiro atoms. The van der Waals surface area contributed by atoms with Crippen molar-refractivity contribution < 1.29 is 42.9 Å². The highest BCUT2D eigenvalue weighted by Crippen LogP contribution is 2.31. The van der Waals surface area contributed by atoms with Crippen LogP contribution in [0.3, 0.4) is 0 Å². The minimum absolute atomic E-state index is 0.0239. The van der Waals surface area contributed by atoms with Gasteiger partial charge in [0.05, 0.1) is 25.6 Å². The Morgan fingerprint density at radius 3 is 2.03 bits per heavy atom. The summed E-state index contributed by atoms with van der Waals surface area (Å²) in [6.07, 6.45) is -0.620. The summed E-state index contributed by atoms with van der Waals surface area (Å²) in [5.41, 5.74) is 5.31. The quantitative estimate of drug-likeness (QED) is 0.338. The Bertz CT molecular complexity index is 897. The van der Waals surface area contributed by atoms with Crippen LogP contribution in [-0.4, -0.2) is 49.4 Å². The van der Waals surface area contributed by atoms with Gasteiger partial charge in [0.25, 0.3) is 0 Å². The third-order valence-electron chi connectivity index (χ3n) is 5.12. The van der Waals surface area contributed by atoms with Crippen molar-refractivity contribution in [3.63, 3.8) is 0 Å². The van der Waals surface area contributed by atoms with E-state index in [1.165, 1.54) is 19.2 Å². The Morgan fingerprint density at radius 2 is 1.51 bits per heavy atom. The first kappa shape index (κ1) is 29.9. The van der Waals surface area contributed by atoms with Crippen LogP contribution in [0.25, 0.3) is 0 Å². The van der Waals surface area contributed by atoms with E-state index in [4.69, 9.17) is 29.4 Å². The van der Waals surface area contributed by atoms with E-state index in [0.717, 1.165) is 0 Å². The SMILES string of the molecule is CC[C@H](C)OC(=O)OCC[C@@](N)(Cc1ccc(OC(=O)C(C)C)c(OC(=O)C(C)C)c1)C(=O)OC. The average Bonchev–Trinajstić information content (AvgIpc) is 2.79. The molecule has 10 nitrogen and oxygen atoms in total. The smallest absolute Gasteiger partial charge is 0.468 e. The summed E-state index contributed by atoms with van der Waals surface area (Å²) in [6, 6.07) is 4.54. The molecule has 0 heterocycles. The minimum Gasteiger partial charge on any atom is -0.468 e. The Balaban J connectivity index is 3.13. The molecule has 2 atom stereocenters. The summed E-state index contributed by atoms with van der Waals surface area (Å²) in [4.78, 5) is 48.6. The second-order valence-electron chi connectivity index (χ2n) is 8.94. The number of rotatable bonds is 12. The highest BCUT2D eigenvalue weighted by Gasteiger charge is 2.36. The first-order valence-corrected chi connectivity index (χ1v) is 11.6. The number of hydrogen-bond donors (Lipinski definition) is 1. The zero-order valence-electron chi connectivity index (χ0n) is 21.5. The molecule has 0 saturated heterocycles. The largest absolute Gasteiger partial charge is 0.508 e. The van der Waals surface area contributed by atoms with Gasteiger partial charge in [-0.05, 0) is 31.0 Å². The highest BCUT2D eigenvalue weighted by molar-refractivity contribution is 5.81. The Morgan fingerprint density at radius 1 is 0.943 bits per heavy atom. The van der Waals surface area contributed by atoms with Crippen LogP contribution >= 0.6 is 0 Å². The van der Waals surface area contributed by atoms with Crippen molar-refractivity contribution in [2.24, 2.45) is 17.6 Å². The van der Waals surface area contributed by atoms with Crippen molar-refractivity contribution in [2.75, 3.05) is 13.7 Å². The Kier molecular flexibility index (Phi) is 11.7. The Labute approximate surface area is 206 Å². The van der Waals surface area contributed by atoms with Gasteiger partial charge in [-0.3, -0.25) is 14.4 Å². The maximum atomic E-state index is 12.5. The molecule has 10 heteroatoms. The molecule has 0 aliphatic heterocycles. The summed E-state index contributed by atoms with van der Waals surface area (Å²) in [6.45, 7) is 10.1. The molecule has 0 fully saturated rings. The van der Waals surface area contributed by atoms with E-state index in [2.05, 4.69) is 0 Å². The predicted molar refractivity (Wildman–Crippen MR) is 127 cm³/mol. The van der Waals surface area contributed by atoms with Crippen molar-refractivity contribution in [3.05, 3.63) is 23.8 Å². The lowest BCUT2D eigenvalue weighted by molar-refractivity contribution is -0.148. The van der Waals surface area contributed by atoms with Gasteiger partial charge in [-0.15, -0.1) is 0 Å². The van der Waals surface area contributed by atoms with Crippen LogP contribution in [0.2, 0.25) is 0 Å². The second-order valence-corrected chi connectivity index (χ2v) is 8.94. The summed E-state index contributed by atoms with van der Waals surface area (Å²) in [7, 11) is 1.20. The molecule has 0 saturated carbocycles. The average molecular weight is 496 g/mol. The lowest BCUT2D eigenvalue weighted by Crippen LogP contribution is -2.51. The predicted octanol–water partition coefficient (Wildman–Crippen LogP) is 3.56. The monoisotopic (exact) mass is 495 g/mol. The van der Waals surface area contributed by atoms with E-state index in [1.807, 2.05) is 6.92 Å². The van der Waals surface area contributed by atoms with Gasteiger partial charge in [-0.2, -0.15) is 0 Å². The number of esters is 3. The van der Waals surface area contributed by atoms with Gasteiger partial charge >= 0.3 is 24.1 Å². The Hall–Kier alpha value is -3.14. The van der Waals surface area contributed by atoms with Gasteiger partial charge in [-0.25, -0.2) is 4.79 Å². The minimum atomic E-state index is -1.55. The molecule has 0 aromatic heterocycles. The van der Waals surface area contributed by atoms with Crippen molar-refractivity contribution in [3.8, 4) is 11.5 Å². The number of carbonyl (C=O) groups excluding carboxylic acids is 4. The number of nitrogens with two attached hydrogens (primary N) is 1. The third-order valence-corrected chi connectivity index (χ3v) is 5.12. The molecule has 1 aromatic carbocycles. The standard InChI is InChI=1S/C25H37NO9/c1-8-17(6)33-24(30)32-12-11-25(26,23(29)31-7)14-18-9-10-19(34-21(27)15(2)3)20(13-18)35-22(28)16(4)5/h9-10,13,15-17H,8,11-12,14,26H2,1-7H3/t17-,25+/m0/s1. The van der Waals surface area contributed by atoms with Crippen molar-refractivity contribution in [1.29, 1.82) is 0 Å². The number of methoxy groups -OCH3 is 1. The molecular weight excluding hydrogens is 458 g/mol. The van der Waals surface area contributed by atoms with Gasteiger partial charge in [0.2, 0.25) is 0 Å². The van der Waals surface area contributed by atoms with E-state index in [9.17, 15) is 19.2 Å². The molecule has 0 unspecified atom stereocenters. The van der Waals surface area contributed by atoms with E-state index in [0.29, 0.717) is 12.0 Å². The van der Waals surface area contributed by atoms with E-state index in [1.54, 1.807) is 40.7 Å². The van der Waals surface area contributed by atoms with E-state index >= 15 is 0 Å². The number of hydrogen-bond acceptors (Lipinski definition) is 10. The molecule has 0 amide bonds. The lowest BCUT2D eigenvalue weighted by atomic mass is 9.88. The fraction of sp³-hybridized carbons (Fsp3) is 0.600. The van der Waals surface area contributed by atoms with Crippen molar-refractivity contribution >= 4 is 24.1 Å². The normalized spacial score (nSPS) is 13.5. The zero-order chi connectivity index (χ0) is 26.8. The van der Waals surface area contributed by atoms with Crippen LogP contribution in [0.4, 0.5) is 4.79 Å². The maximum Gasteiger partial charge on any atom is 0.508 e. The fourth-order valence-corrected chi connectivity index (χ4v) is 2.71. The molecule has 35 heavy (non-hydrogen) atoms. The van der Waals surface area contributed by atoms with Crippen molar-refractivity contribution in [2.45, 2.75) is 72.4 Å². The maximum absolute atomic E-state index is 12.5. The molecule has 1 aromatic rings. The van der Waals surface area contributed by atoms with Crippen LogP contribution in [0, 0.1) is 11.8 Å². The van der Waals surface area contributed by atoms with Crippen LogP contribution in [-0.2, 0) is 35.0 Å². The molecular formula is C25H37NO9. The first-order valence-electron chi connectivity index (χ1n) is 11.6. The molecule has 0 radical (unpaired) electrons. The summed E-state index contributed by atoms with van der Waals surface area (Å²) < 4.78 is 25.8. The summed E-state index contributed by atoms with van der Waals surface area (Å²) in [5.74, 6) is -2.47. The second kappa shape index (κ2) is 13.7. The number of carbonyl (C=O) groups is 4. The number of ether oxygens (including phenoxy) is 5. The van der Waals surface area contributed by atoms with Crippen LogP contribution in [0.5, 0.6) is 11.5 Å². The highest BCUT2D eigenvalue weighted by atomic mass is 16.7. The van der Waals surface area contributed by atoms with Gasteiger partial charge < -0.3 is 29.4 Å². The molecule has 0 bridgehead atoms. The molecule has 0 aliphatic rings. The van der Waals surface area contributed by atoms with Gasteiger partial charge in [-0.1, -0.05) is 40.7 Å². The van der Waals surface area contributed by atoms with Crippen LogP contribution in [0.1, 0.15) is 59.9 Å². The lowest BCUT2D eigenvalue weighted by Gasteiger charge is -2.27. The molecule has 196 valence electrons. The summed E-state index contributed by atoms with van der Waals surface area (Å²) >= 11 is 0. The topological polar surface area (TPSA) is 140 Å². The third kappa shape index (κ3) is 9.56. The van der Waals surface area contributed by atoms with E-state index in [-0.39, 0.29) is 37.1 Å². The van der Waals surface area contributed by atoms with Gasteiger partial charge in [0.15, 0.2) is 11.5 Å². The zero-order valence-corrected chi connectivity index (χ0v) is 21.5. The van der Waals surface area contributed by atoms with Crippen LogP contribution < -0.4 is 15.2 Å². The molecule has 2 N–H and O–H groups in total. The van der Waals surface area contributed by atoms with Crippen LogP contribution in [0.15, 0.2) is 18.2 Å². The first-order chi connectivity index (χ1) is 16.3. The summed E-state index contributed by atoms with van der Waals surface area (Å²) in [5, 5.41) is 0. The fourth-order valence-electron chi connectivity index (χ4n) is 2.71. The molecule has 1 rings (SSSR count). The van der Waals surface area contributed by atoms with Gasteiger partial charge in [0.1, 0.15) is 11.6 Å². The number of benzene rings is 1.